The molecule has 44 heavy (non-hydrogen) atoms. The maximum atomic E-state index is 2.48. The zero-order chi connectivity index (χ0) is 29.0. The smallest absolute Gasteiger partial charge is 0.0633 e. The lowest BCUT2D eigenvalue weighted by molar-refractivity contribution is 1.18. The molecule has 0 bridgehead atoms. The van der Waals surface area contributed by atoms with Gasteiger partial charge in [0, 0.05) is 44.0 Å². The molecule has 0 aliphatic rings. The number of fused-ring (bicyclic) bond motifs is 6. The Morgan fingerprint density at radius 3 is 1.00 bits per heavy atom. The number of rotatable bonds is 4. The molecule has 0 unspecified atom stereocenters. The van der Waals surface area contributed by atoms with Crippen molar-refractivity contribution >= 4 is 43.6 Å². The van der Waals surface area contributed by atoms with Crippen molar-refractivity contribution in [3.8, 4) is 33.6 Å². The van der Waals surface area contributed by atoms with Gasteiger partial charge in [-0.3, -0.25) is 0 Å². The first-order chi connectivity index (χ1) is 21.9. The highest BCUT2D eigenvalue weighted by Crippen LogP contribution is 2.51. The Balaban J connectivity index is 1.68. The molecule has 0 saturated carbocycles. The number of benzene rings is 7. The second kappa shape index (κ2) is 9.86. The normalized spacial score (nSPS) is 11.6. The minimum Gasteiger partial charge on any atom is -0.309 e. The quantitative estimate of drug-likeness (QED) is 0.203. The molecule has 0 N–H and O–H groups in total. The van der Waals surface area contributed by atoms with Crippen LogP contribution in [0.5, 0.6) is 0 Å². The van der Waals surface area contributed by atoms with Gasteiger partial charge in [0.1, 0.15) is 0 Å². The summed E-state index contributed by atoms with van der Waals surface area (Å²) in [5.74, 6) is 0. The zero-order valence-electron chi connectivity index (χ0n) is 24.1. The first-order valence-electron chi connectivity index (χ1n) is 15.1. The molecule has 2 nitrogen and oxygen atoms in total. The topological polar surface area (TPSA) is 9.86 Å². The van der Waals surface area contributed by atoms with E-state index in [0.717, 1.165) is 11.4 Å². The third kappa shape index (κ3) is 3.55. The van der Waals surface area contributed by atoms with Crippen molar-refractivity contribution in [3.05, 3.63) is 170 Å². The van der Waals surface area contributed by atoms with Crippen LogP contribution in [0.15, 0.2) is 170 Å². The minimum absolute atomic E-state index is 1.15. The average molecular weight is 561 g/mol. The van der Waals surface area contributed by atoms with E-state index in [1.54, 1.807) is 0 Å². The van der Waals surface area contributed by atoms with Crippen molar-refractivity contribution in [1.29, 1.82) is 0 Å². The van der Waals surface area contributed by atoms with Crippen LogP contribution in [0.2, 0.25) is 0 Å². The highest BCUT2D eigenvalue weighted by molar-refractivity contribution is 6.33. The summed E-state index contributed by atoms with van der Waals surface area (Å²) in [6.45, 7) is 0. The lowest BCUT2D eigenvalue weighted by atomic mass is 9.90. The molecule has 9 aromatic rings. The Labute approximate surface area is 255 Å². The molecular weight excluding hydrogens is 532 g/mol. The monoisotopic (exact) mass is 560 g/mol. The maximum Gasteiger partial charge on any atom is 0.0633 e. The van der Waals surface area contributed by atoms with Gasteiger partial charge in [-0.05, 0) is 47.5 Å². The Morgan fingerprint density at radius 1 is 0.295 bits per heavy atom. The SMILES string of the molecule is c1ccc(-c2c3c4ccccc4n(-c4ccccc4)c3c(-c3ccccc3)c3c4ccccc4n(-c4ccccc4)c23)cc1. The molecule has 0 aliphatic carbocycles. The largest absolute Gasteiger partial charge is 0.309 e. The van der Waals surface area contributed by atoms with Gasteiger partial charge in [0.25, 0.3) is 0 Å². The summed E-state index contributed by atoms with van der Waals surface area (Å²) < 4.78 is 4.96. The van der Waals surface area contributed by atoms with E-state index < -0.39 is 0 Å². The van der Waals surface area contributed by atoms with Gasteiger partial charge < -0.3 is 9.13 Å². The first kappa shape index (κ1) is 24.7. The van der Waals surface area contributed by atoms with Gasteiger partial charge >= 0.3 is 0 Å². The molecule has 2 aromatic heterocycles. The molecule has 7 aromatic carbocycles. The van der Waals surface area contributed by atoms with Gasteiger partial charge in [0.15, 0.2) is 0 Å². The summed E-state index contributed by atoms with van der Waals surface area (Å²) in [4.78, 5) is 0. The van der Waals surface area contributed by atoms with Gasteiger partial charge in [-0.15, -0.1) is 0 Å². The highest BCUT2D eigenvalue weighted by atomic mass is 15.0. The van der Waals surface area contributed by atoms with Crippen LogP contribution < -0.4 is 0 Å². The van der Waals surface area contributed by atoms with E-state index in [-0.39, 0.29) is 0 Å². The van der Waals surface area contributed by atoms with Crippen molar-refractivity contribution in [1.82, 2.24) is 9.13 Å². The van der Waals surface area contributed by atoms with Crippen molar-refractivity contribution in [3.63, 3.8) is 0 Å². The molecule has 0 fully saturated rings. The zero-order valence-corrected chi connectivity index (χ0v) is 24.1. The van der Waals surface area contributed by atoms with Crippen molar-refractivity contribution < 1.29 is 0 Å². The van der Waals surface area contributed by atoms with Gasteiger partial charge in [-0.1, -0.05) is 133 Å². The summed E-state index contributed by atoms with van der Waals surface area (Å²) in [5.41, 5.74) is 12.1. The molecule has 0 amide bonds. The predicted molar refractivity (Wildman–Crippen MR) is 186 cm³/mol. The van der Waals surface area contributed by atoms with Crippen LogP contribution in [0.25, 0.3) is 77.2 Å². The van der Waals surface area contributed by atoms with Gasteiger partial charge in [0.2, 0.25) is 0 Å². The van der Waals surface area contributed by atoms with Crippen LogP contribution in [0, 0.1) is 0 Å². The van der Waals surface area contributed by atoms with E-state index in [1.165, 1.54) is 65.9 Å². The van der Waals surface area contributed by atoms with Crippen molar-refractivity contribution in [2.24, 2.45) is 0 Å². The van der Waals surface area contributed by atoms with E-state index in [1.807, 2.05) is 0 Å². The van der Waals surface area contributed by atoms with Crippen LogP contribution in [-0.4, -0.2) is 9.13 Å². The number of aromatic nitrogens is 2. The maximum absolute atomic E-state index is 2.48. The second-order valence-corrected chi connectivity index (χ2v) is 11.3. The third-order valence-electron chi connectivity index (χ3n) is 8.88. The summed E-state index contributed by atoms with van der Waals surface area (Å²) >= 11 is 0. The van der Waals surface area contributed by atoms with Crippen LogP contribution in [0.3, 0.4) is 0 Å². The Morgan fingerprint density at radius 2 is 0.614 bits per heavy atom. The molecule has 2 heterocycles. The van der Waals surface area contributed by atoms with E-state index in [2.05, 4.69) is 179 Å². The van der Waals surface area contributed by atoms with Crippen LogP contribution in [0.4, 0.5) is 0 Å². The molecule has 0 atom stereocenters. The Kier molecular flexibility index (Phi) is 5.54. The lowest BCUT2D eigenvalue weighted by Crippen LogP contribution is -1.99. The van der Waals surface area contributed by atoms with Crippen molar-refractivity contribution in [2.45, 2.75) is 0 Å². The molecule has 2 heteroatoms. The average Bonchev–Trinajstić information content (AvgIpc) is 3.62. The molecule has 0 aliphatic heterocycles. The predicted octanol–water partition coefficient (Wildman–Crippen LogP) is 11.2. The van der Waals surface area contributed by atoms with Gasteiger partial charge in [-0.25, -0.2) is 0 Å². The fourth-order valence-electron chi connectivity index (χ4n) is 7.16. The second-order valence-electron chi connectivity index (χ2n) is 11.3. The number of nitrogens with zero attached hydrogens (tertiary/aromatic N) is 2. The Hall–Kier alpha value is -5.86. The van der Waals surface area contributed by atoms with Gasteiger partial charge in [-0.2, -0.15) is 0 Å². The van der Waals surface area contributed by atoms with Crippen LogP contribution in [0.1, 0.15) is 0 Å². The molecule has 0 spiro atoms. The number of para-hydroxylation sites is 4. The fourth-order valence-corrected chi connectivity index (χ4v) is 7.16. The molecule has 206 valence electrons. The summed E-state index contributed by atoms with van der Waals surface area (Å²) in [6.07, 6.45) is 0. The van der Waals surface area contributed by atoms with E-state index in [0.29, 0.717) is 0 Å². The lowest BCUT2D eigenvalue weighted by Gasteiger charge is -2.18. The number of hydrogen-bond donors (Lipinski definition) is 0. The molecule has 0 saturated heterocycles. The molecular formula is C42H28N2. The fraction of sp³-hybridized carbons (Fsp3) is 0. The Bertz CT molecular complexity index is 2270. The minimum atomic E-state index is 1.15. The summed E-state index contributed by atoms with van der Waals surface area (Å²) in [5, 5.41) is 5.02. The summed E-state index contributed by atoms with van der Waals surface area (Å²) in [7, 11) is 0. The number of hydrogen-bond acceptors (Lipinski definition) is 0. The first-order valence-corrected chi connectivity index (χ1v) is 15.1. The molecule has 0 radical (unpaired) electrons. The highest BCUT2D eigenvalue weighted by Gasteiger charge is 2.28. The van der Waals surface area contributed by atoms with Crippen LogP contribution in [-0.2, 0) is 0 Å². The van der Waals surface area contributed by atoms with Gasteiger partial charge in [0.05, 0.1) is 22.1 Å². The standard InChI is InChI=1S/C42H28N2/c1-5-17-29(18-6-1)37-39-33-25-13-15-27-35(33)44(32-23-11-4-12-24-32)42(39)38(30-19-7-2-8-20-30)40-34-26-14-16-28-36(34)43(41(37)40)31-21-9-3-10-22-31/h1-28H. The van der Waals surface area contributed by atoms with E-state index in [4.69, 9.17) is 0 Å². The van der Waals surface area contributed by atoms with E-state index >= 15 is 0 Å². The molecule has 9 rings (SSSR count). The third-order valence-corrected chi connectivity index (χ3v) is 8.88. The van der Waals surface area contributed by atoms with Crippen molar-refractivity contribution in [2.75, 3.05) is 0 Å². The van der Waals surface area contributed by atoms with Crippen LogP contribution >= 0.6 is 0 Å². The summed E-state index contributed by atoms with van der Waals surface area (Å²) in [6, 6.07) is 61.3. The van der Waals surface area contributed by atoms with E-state index in [9.17, 15) is 0 Å².